The van der Waals surface area contributed by atoms with Gasteiger partial charge in [-0.05, 0) is 61.8 Å². The van der Waals surface area contributed by atoms with Gasteiger partial charge in [-0.25, -0.2) is 14.6 Å². The highest BCUT2D eigenvalue weighted by Gasteiger charge is 2.42. The Kier molecular flexibility index (Phi) is 12.8. The Bertz CT molecular complexity index is 2230. The minimum Gasteiger partial charge on any atom is -0.485 e. The molecule has 2 aromatic carbocycles. The molecular formula is C43H53IN8O10. The summed E-state index contributed by atoms with van der Waals surface area (Å²) in [5.74, 6) is 2.32. The lowest BCUT2D eigenvalue weighted by atomic mass is 9.96. The van der Waals surface area contributed by atoms with E-state index in [-0.39, 0.29) is 41.9 Å². The number of likely N-dealkylation sites (tertiary alicyclic amines) is 2. The molecule has 2 fully saturated rings. The molecule has 0 saturated carbocycles. The second kappa shape index (κ2) is 18.4. The van der Waals surface area contributed by atoms with Gasteiger partial charge in [0.1, 0.15) is 50.5 Å². The monoisotopic (exact) mass is 968 g/mol. The fraction of sp³-hybridized carbons (Fsp3) is 0.512. The summed E-state index contributed by atoms with van der Waals surface area (Å²) in [4.78, 5) is 63.5. The molecule has 1 aromatic heterocycles. The van der Waals surface area contributed by atoms with Crippen molar-refractivity contribution >= 4 is 52.7 Å². The lowest BCUT2D eigenvalue weighted by molar-refractivity contribution is -0.136. The Labute approximate surface area is 373 Å². The van der Waals surface area contributed by atoms with Crippen molar-refractivity contribution in [2.45, 2.75) is 83.7 Å². The average molecular weight is 969 g/mol. The van der Waals surface area contributed by atoms with Crippen LogP contribution in [-0.4, -0.2) is 115 Å². The van der Waals surface area contributed by atoms with Crippen LogP contribution >= 0.6 is 23.0 Å². The van der Waals surface area contributed by atoms with E-state index in [1.807, 2.05) is 63.1 Å². The predicted octanol–water partition coefficient (Wildman–Crippen LogP) is 5.24. The number of ether oxygens (including phenoxy) is 5. The van der Waals surface area contributed by atoms with Crippen LogP contribution in [0.5, 0.6) is 23.0 Å². The van der Waals surface area contributed by atoms with Gasteiger partial charge >= 0.3 is 12.2 Å². The van der Waals surface area contributed by atoms with E-state index in [1.54, 1.807) is 11.1 Å². The highest BCUT2D eigenvalue weighted by molar-refractivity contribution is 14.1. The number of fused-ring (bicyclic) bond motifs is 2. The fourth-order valence-electron chi connectivity index (χ4n) is 9.00. The number of aromatic nitrogens is 2. The number of hydrogen-bond donors (Lipinski definition) is 5. The number of alkyl carbamates (subject to hydrolysis) is 1. The van der Waals surface area contributed by atoms with Crippen molar-refractivity contribution in [2.24, 2.45) is 11.8 Å². The first-order valence-electron chi connectivity index (χ1n) is 21.2. The first kappa shape index (κ1) is 43.1. The number of carbonyl (C=O) groups is 4. The molecule has 5 N–H and O–H groups in total. The fourth-order valence-corrected chi connectivity index (χ4v) is 9.13. The van der Waals surface area contributed by atoms with Crippen molar-refractivity contribution in [2.75, 3.05) is 46.6 Å². The molecular weight excluding hydrogens is 915 g/mol. The Hall–Kier alpha value is -5.60. The highest BCUT2D eigenvalue weighted by atomic mass is 127. The first-order chi connectivity index (χ1) is 30.0. The van der Waals surface area contributed by atoms with Crippen LogP contribution in [0.1, 0.15) is 70.8 Å². The van der Waals surface area contributed by atoms with E-state index in [0.717, 1.165) is 53.6 Å². The number of nitrogens with one attached hydrogen (secondary N) is 5. The van der Waals surface area contributed by atoms with Crippen molar-refractivity contribution in [1.82, 2.24) is 41.0 Å². The van der Waals surface area contributed by atoms with Gasteiger partial charge in [0.15, 0.2) is 46.0 Å². The minimum absolute atomic E-state index is 0.133. The molecule has 2 saturated heterocycles. The van der Waals surface area contributed by atoms with Crippen LogP contribution in [0.15, 0.2) is 36.7 Å². The largest absolute Gasteiger partial charge is 0.485 e. The lowest BCUT2D eigenvalue weighted by Gasteiger charge is -2.34. The summed E-state index contributed by atoms with van der Waals surface area (Å²) in [6.45, 7) is 10.1. The summed E-state index contributed by atoms with van der Waals surface area (Å²) >= 11 is 1.51. The molecule has 62 heavy (non-hydrogen) atoms. The normalized spacial score (nSPS) is 21.2. The SMILES string of the molecule is COC(=O)N[C@H](C(=O)N1CCC[C@H]1c1ncc(-c2ccc(-c3ccc(C4=CNC([C@@H]5CCCN5C(=O)[C@@H](NC(=O)OI)C(C)C)N4)c4c3OCCO4)c3c2OCCO3)[nH]1)C(C)C. The van der Waals surface area contributed by atoms with Crippen LogP contribution in [0.2, 0.25) is 0 Å². The van der Waals surface area contributed by atoms with Gasteiger partial charge in [-0.2, -0.15) is 0 Å². The predicted molar refractivity (Wildman–Crippen MR) is 234 cm³/mol. The van der Waals surface area contributed by atoms with Gasteiger partial charge < -0.3 is 62.8 Å². The molecule has 1 unspecified atom stereocenters. The van der Waals surface area contributed by atoms with Crippen molar-refractivity contribution in [3.8, 4) is 45.4 Å². The summed E-state index contributed by atoms with van der Waals surface area (Å²) in [6.07, 6.45) is 5.21. The van der Waals surface area contributed by atoms with Crippen LogP contribution in [-0.2, 0) is 17.4 Å². The second-order valence-corrected chi connectivity index (χ2v) is 17.0. The van der Waals surface area contributed by atoms with Crippen LogP contribution in [0.4, 0.5) is 9.59 Å². The number of carbonyl (C=O) groups excluding carboxylic acids is 4. The highest BCUT2D eigenvalue weighted by Crippen LogP contribution is 2.52. The van der Waals surface area contributed by atoms with E-state index in [2.05, 4.69) is 26.3 Å². The van der Waals surface area contributed by atoms with E-state index >= 15 is 0 Å². The third-order valence-electron chi connectivity index (χ3n) is 12.0. The molecule has 5 aliphatic rings. The third-order valence-corrected chi connectivity index (χ3v) is 12.4. The summed E-state index contributed by atoms with van der Waals surface area (Å²) in [5.41, 5.74) is 4.60. The maximum atomic E-state index is 13.8. The van der Waals surface area contributed by atoms with Gasteiger partial charge in [0, 0.05) is 41.5 Å². The zero-order valence-corrected chi connectivity index (χ0v) is 37.5. The molecule has 18 nitrogen and oxygen atoms in total. The Morgan fingerprint density at radius 1 is 0.758 bits per heavy atom. The average Bonchev–Trinajstić information content (AvgIpc) is 4.13. The summed E-state index contributed by atoms with van der Waals surface area (Å²) < 4.78 is 34.9. The van der Waals surface area contributed by atoms with Crippen molar-refractivity contribution < 1.29 is 45.9 Å². The van der Waals surface area contributed by atoms with Crippen molar-refractivity contribution in [3.63, 3.8) is 0 Å². The molecule has 3 aromatic rings. The Morgan fingerprint density at radius 2 is 1.29 bits per heavy atom. The molecule has 0 radical (unpaired) electrons. The minimum atomic E-state index is -0.738. The van der Waals surface area contributed by atoms with Gasteiger partial charge in [0.05, 0.1) is 36.8 Å². The molecule has 8 rings (SSSR count). The molecule has 5 aliphatic heterocycles. The number of H-pyrrole nitrogens is 1. The van der Waals surface area contributed by atoms with E-state index < -0.39 is 24.3 Å². The first-order valence-corrected chi connectivity index (χ1v) is 22.1. The summed E-state index contributed by atoms with van der Waals surface area (Å²) in [5, 5.41) is 12.5. The molecule has 332 valence electrons. The smallest absolute Gasteiger partial charge is 0.417 e. The lowest BCUT2D eigenvalue weighted by Crippen LogP contribution is -2.57. The standard InChI is InChI=1S/C43H53IN8O10/c1-22(2)32(49-42(55)57-5)40(53)51-14-6-8-30(51)38-45-20-28(47-38)26-12-10-24(34-36(26)60-18-16-58-34)25-11-13-27(37-35(25)59-17-19-61-37)29-21-46-39(48-29)31-9-7-15-52(31)41(54)33(23(3)4)50-43(56)62-44/h10-13,20-23,30-33,39,46,48H,6-9,14-19H2,1-5H3,(H,45,47)(H,49,55)(H,50,56)/t30-,31-,32-,33-,39?/m0/s1. The Balaban J connectivity index is 1.03. The van der Waals surface area contributed by atoms with E-state index in [4.69, 9.17) is 31.7 Å². The van der Waals surface area contributed by atoms with E-state index in [1.165, 1.54) is 30.1 Å². The van der Waals surface area contributed by atoms with Crippen LogP contribution in [0.3, 0.4) is 0 Å². The molecule has 4 amide bonds. The zero-order valence-electron chi connectivity index (χ0n) is 35.4. The van der Waals surface area contributed by atoms with Gasteiger partial charge in [-0.3, -0.25) is 9.59 Å². The van der Waals surface area contributed by atoms with Gasteiger partial charge in [-0.15, -0.1) is 0 Å². The quantitative estimate of drug-likeness (QED) is 0.156. The summed E-state index contributed by atoms with van der Waals surface area (Å²) in [7, 11) is 1.28. The number of rotatable bonds is 11. The Morgan fingerprint density at radius 3 is 1.90 bits per heavy atom. The second-order valence-electron chi connectivity index (χ2n) is 16.6. The van der Waals surface area contributed by atoms with Crippen LogP contribution < -0.4 is 40.2 Å². The molecule has 0 spiro atoms. The number of hydrogen-bond acceptors (Lipinski definition) is 13. The van der Waals surface area contributed by atoms with Gasteiger partial charge in [0.25, 0.3) is 0 Å². The number of aromatic amines is 1. The molecule has 5 atom stereocenters. The van der Waals surface area contributed by atoms with Crippen molar-refractivity contribution in [1.29, 1.82) is 0 Å². The van der Waals surface area contributed by atoms with E-state index in [9.17, 15) is 19.2 Å². The number of benzene rings is 2. The number of halogens is 1. The van der Waals surface area contributed by atoms with Crippen LogP contribution in [0.25, 0.3) is 28.1 Å². The number of imidazole rings is 1. The maximum Gasteiger partial charge on any atom is 0.417 e. The van der Waals surface area contributed by atoms with Crippen molar-refractivity contribution in [3.05, 3.63) is 48.1 Å². The maximum absolute atomic E-state index is 13.8. The number of amides is 4. The molecule has 6 heterocycles. The number of methoxy groups -OCH3 is 1. The zero-order chi connectivity index (χ0) is 43.7. The topological polar surface area (TPSA) is 207 Å². The summed E-state index contributed by atoms with van der Waals surface area (Å²) in [6, 6.07) is 6.00. The van der Waals surface area contributed by atoms with Crippen LogP contribution in [0, 0.1) is 11.8 Å². The molecule has 0 bridgehead atoms. The van der Waals surface area contributed by atoms with E-state index in [0.29, 0.717) is 74.0 Å². The van der Waals surface area contributed by atoms with Gasteiger partial charge in [0.2, 0.25) is 11.8 Å². The molecule has 19 heteroatoms. The third kappa shape index (κ3) is 8.34. The molecule has 0 aliphatic carbocycles. The number of nitrogens with zero attached hydrogens (tertiary/aromatic N) is 3. The van der Waals surface area contributed by atoms with Gasteiger partial charge in [-0.1, -0.05) is 27.7 Å².